The number of aromatic nitrogens is 2. The highest BCUT2D eigenvalue weighted by molar-refractivity contribution is 5.99. The number of ether oxygens (including phenoxy) is 1. The van der Waals surface area contributed by atoms with Crippen LogP contribution in [-0.4, -0.2) is 29.4 Å². The molecule has 0 fully saturated rings. The molecule has 112 valence electrons. The van der Waals surface area contributed by atoms with Crippen molar-refractivity contribution in [2.45, 2.75) is 13.3 Å². The average molecular weight is 292 g/mol. The number of rotatable bonds is 5. The second kappa shape index (κ2) is 6.25. The predicted octanol–water partition coefficient (Wildman–Crippen LogP) is 2.20. The van der Waals surface area contributed by atoms with Crippen LogP contribution in [0.4, 0.5) is 16.0 Å². The molecule has 1 aromatic carbocycles. The van der Waals surface area contributed by atoms with Crippen molar-refractivity contribution in [2.24, 2.45) is 0 Å². The molecule has 1 aromatic heterocycles. The monoisotopic (exact) mass is 292 g/mol. The second-order valence-electron chi connectivity index (χ2n) is 4.42. The van der Waals surface area contributed by atoms with Crippen molar-refractivity contribution in [3.63, 3.8) is 0 Å². The zero-order valence-corrected chi connectivity index (χ0v) is 11.9. The molecule has 0 saturated heterocycles. The maximum Gasteiger partial charge on any atom is 0.345 e. The third-order valence-corrected chi connectivity index (χ3v) is 2.91. The van der Waals surface area contributed by atoms with Crippen molar-refractivity contribution in [1.82, 2.24) is 9.78 Å². The van der Waals surface area contributed by atoms with E-state index in [2.05, 4.69) is 10.4 Å². The Morgan fingerprint density at radius 1 is 1.52 bits per heavy atom. The van der Waals surface area contributed by atoms with Crippen molar-refractivity contribution in [3.05, 3.63) is 35.6 Å². The lowest BCUT2D eigenvalue weighted by Gasteiger charge is -2.04. The van der Waals surface area contributed by atoms with Gasteiger partial charge in [-0.3, -0.25) is 0 Å². The van der Waals surface area contributed by atoms with Gasteiger partial charge in [0.2, 0.25) is 0 Å². The summed E-state index contributed by atoms with van der Waals surface area (Å²) in [5.74, 6) is -0.574. The van der Waals surface area contributed by atoms with Crippen LogP contribution in [0.1, 0.15) is 23.7 Å². The minimum absolute atomic E-state index is 0.103. The molecular weight excluding hydrogens is 275 g/mol. The van der Waals surface area contributed by atoms with E-state index in [0.29, 0.717) is 18.1 Å². The molecular formula is C14H17FN4O2. The molecule has 0 saturated carbocycles. The Kier molecular flexibility index (Phi) is 4.42. The van der Waals surface area contributed by atoms with Crippen LogP contribution in [0.5, 0.6) is 0 Å². The summed E-state index contributed by atoms with van der Waals surface area (Å²) < 4.78 is 19.4. The lowest BCUT2D eigenvalue weighted by molar-refractivity contribution is 0.0603. The van der Waals surface area contributed by atoms with E-state index in [-0.39, 0.29) is 11.4 Å². The van der Waals surface area contributed by atoms with E-state index in [1.54, 1.807) is 12.1 Å². The van der Waals surface area contributed by atoms with Crippen LogP contribution in [0.25, 0.3) is 5.69 Å². The van der Waals surface area contributed by atoms with Gasteiger partial charge in [-0.1, -0.05) is 13.0 Å². The SMILES string of the molecule is CCCNc1nn(-c2cccc(F)c2)c(N)c1C(=O)OC. The van der Waals surface area contributed by atoms with Gasteiger partial charge in [0.25, 0.3) is 0 Å². The number of hydrogen-bond acceptors (Lipinski definition) is 5. The molecule has 7 heteroatoms. The maximum absolute atomic E-state index is 13.3. The summed E-state index contributed by atoms with van der Waals surface area (Å²) >= 11 is 0. The number of nitrogens with zero attached hydrogens (tertiary/aromatic N) is 2. The fraction of sp³-hybridized carbons (Fsp3) is 0.286. The van der Waals surface area contributed by atoms with Crippen LogP contribution in [0.15, 0.2) is 24.3 Å². The first kappa shape index (κ1) is 14.8. The molecule has 2 rings (SSSR count). The number of nitrogen functional groups attached to an aromatic ring is 1. The smallest absolute Gasteiger partial charge is 0.345 e. The third kappa shape index (κ3) is 2.96. The molecule has 0 bridgehead atoms. The number of carbonyl (C=O) groups is 1. The van der Waals surface area contributed by atoms with Crippen LogP contribution < -0.4 is 11.1 Å². The highest BCUT2D eigenvalue weighted by atomic mass is 19.1. The van der Waals surface area contributed by atoms with Gasteiger partial charge in [0, 0.05) is 6.54 Å². The van der Waals surface area contributed by atoms with Gasteiger partial charge in [0.05, 0.1) is 12.8 Å². The van der Waals surface area contributed by atoms with Gasteiger partial charge in [0.15, 0.2) is 5.82 Å². The molecule has 2 aromatic rings. The molecule has 1 heterocycles. The number of benzene rings is 1. The van der Waals surface area contributed by atoms with Gasteiger partial charge in [-0.25, -0.2) is 13.9 Å². The van der Waals surface area contributed by atoms with E-state index in [0.717, 1.165) is 6.42 Å². The van der Waals surface area contributed by atoms with E-state index < -0.39 is 11.8 Å². The summed E-state index contributed by atoms with van der Waals surface area (Å²) in [4.78, 5) is 11.9. The molecule has 3 N–H and O–H groups in total. The third-order valence-electron chi connectivity index (χ3n) is 2.91. The van der Waals surface area contributed by atoms with Crippen LogP contribution >= 0.6 is 0 Å². The molecule has 0 aliphatic heterocycles. The summed E-state index contributed by atoms with van der Waals surface area (Å²) in [6.07, 6.45) is 0.855. The first-order chi connectivity index (χ1) is 10.1. The molecule has 0 unspecified atom stereocenters. The predicted molar refractivity (Wildman–Crippen MR) is 78.1 cm³/mol. The van der Waals surface area contributed by atoms with Crippen molar-refractivity contribution < 1.29 is 13.9 Å². The van der Waals surface area contributed by atoms with E-state index in [9.17, 15) is 9.18 Å². The Morgan fingerprint density at radius 3 is 2.90 bits per heavy atom. The minimum atomic E-state index is -0.589. The highest BCUT2D eigenvalue weighted by Crippen LogP contribution is 2.26. The number of carbonyl (C=O) groups excluding carboxylic acids is 1. The Balaban J connectivity index is 2.52. The summed E-state index contributed by atoms with van der Waals surface area (Å²) in [7, 11) is 1.27. The Hall–Kier alpha value is -2.57. The number of nitrogens with one attached hydrogen (secondary N) is 1. The van der Waals surface area contributed by atoms with Crippen LogP contribution in [0.2, 0.25) is 0 Å². The first-order valence-electron chi connectivity index (χ1n) is 6.55. The molecule has 21 heavy (non-hydrogen) atoms. The maximum atomic E-state index is 13.3. The second-order valence-corrected chi connectivity index (χ2v) is 4.42. The molecule has 0 radical (unpaired) electrons. The topological polar surface area (TPSA) is 82.2 Å². The summed E-state index contributed by atoms with van der Waals surface area (Å²) in [5, 5.41) is 7.26. The van der Waals surface area contributed by atoms with E-state index in [1.165, 1.54) is 23.9 Å². The molecule has 0 aliphatic rings. The summed E-state index contributed by atoms with van der Waals surface area (Å²) in [6, 6.07) is 5.80. The number of nitrogens with two attached hydrogens (primary N) is 1. The van der Waals surface area contributed by atoms with E-state index >= 15 is 0 Å². The van der Waals surface area contributed by atoms with Gasteiger partial charge < -0.3 is 15.8 Å². The van der Waals surface area contributed by atoms with Gasteiger partial charge in [-0.2, -0.15) is 0 Å². The fourth-order valence-corrected chi connectivity index (χ4v) is 1.91. The molecule has 0 amide bonds. The van der Waals surface area contributed by atoms with Crippen molar-refractivity contribution in [3.8, 4) is 5.69 Å². The number of esters is 1. The standard InChI is InChI=1S/C14H17FN4O2/c1-3-7-17-13-11(14(20)21-2)12(16)19(18-13)10-6-4-5-9(15)8-10/h4-6,8H,3,7,16H2,1-2H3,(H,17,18). The number of halogens is 1. The quantitative estimate of drug-likeness (QED) is 0.826. The molecule has 6 nitrogen and oxygen atoms in total. The highest BCUT2D eigenvalue weighted by Gasteiger charge is 2.23. The van der Waals surface area contributed by atoms with Crippen LogP contribution in [0.3, 0.4) is 0 Å². The Bertz CT molecular complexity index is 654. The summed E-state index contributed by atoms with van der Waals surface area (Å²) in [6.45, 7) is 2.61. The first-order valence-corrected chi connectivity index (χ1v) is 6.55. The van der Waals surface area contributed by atoms with Gasteiger partial charge in [-0.15, -0.1) is 5.10 Å². The molecule has 0 spiro atoms. The number of anilines is 2. The van der Waals surface area contributed by atoms with Gasteiger partial charge >= 0.3 is 5.97 Å². The normalized spacial score (nSPS) is 10.4. The number of hydrogen-bond donors (Lipinski definition) is 2. The van der Waals surface area contributed by atoms with Crippen LogP contribution in [0, 0.1) is 5.82 Å². The Morgan fingerprint density at radius 2 is 2.29 bits per heavy atom. The zero-order valence-electron chi connectivity index (χ0n) is 11.9. The van der Waals surface area contributed by atoms with Crippen molar-refractivity contribution >= 4 is 17.6 Å². The van der Waals surface area contributed by atoms with Gasteiger partial charge in [0.1, 0.15) is 17.2 Å². The zero-order chi connectivity index (χ0) is 15.4. The molecule has 0 atom stereocenters. The van der Waals surface area contributed by atoms with Crippen molar-refractivity contribution in [1.29, 1.82) is 0 Å². The lowest BCUT2D eigenvalue weighted by atomic mass is 10.2. The minimum Gasteiger partial charge on any atom is -0.465 e. The average Bonchev–Trinajstić information content (AvgIpc) is 2.81. The summed E-state index contributed by atoms with van der Waals surface area (Å²) in [5.41, 5.74) is 6.55. The lowest BCUT2D eigenvalue weighted by Crippen LogP contribution is -2.09. The Labute approximate surface area is 121 Å². The number of methoxy groups -OCH3 is 1. The van der Waals surface area contributed by atoms with E-state index in [1.807, 2.05) is 6.92 Å². The molecule has 0 aliphatic carbocycles. The largest absolute Gasteiger partial charge is 0.465 e. The van der Waals surface area contributed by atoms with Gasteiger partial charge in [-0.05, 0) is 24.6 Å². The van der Waals surface area contributed by atoms with Crippen molar-refractivity contribution in [2.75, 3.05) is 24.7 Å². The fourth-order valence-electron chi connectivity index (χ4n) is 1.91. The van der Waals surface area contributed by atoms with Crippen LogP contribution in [-0.2, 0) is 4.74 Å². The van der Waals surface area contributed by atoms with E-state index in [4.69, 9.17) is 10.5 Å².